The highest BCUT2D eigenvalue weighted by Crippen LogP contribution is 2.14. The van der Waals surface area contributed by atoms with Crippen LogP contribution in [0.3, 0.4) is 0 Å². The van der Waals surface area contributed by atoms with Crippen molar-refractivity contribution in [1.29, 1.82) is 0 Å². The number of nitrogens with two attached hydrogens (primary N) is 1. The molecule has 0 saturated heterocycles. The Morgan fingerprint density at radius 3 is 2.79 bits per heavy atom. The standard InChI is InChI=1S/C12H18N6O/c1-4-9-5-10(16-15-9)14-11(19)6-18-8(3)12(13)7(2)17-18/h5H,4,6,13H2,1-3H3,(H2,14,15,16,19). The van der Waals surface area contributed by atoms with Gasteiger partial charge in [-0.3, -0.25) is 14.6 Å². The van der Waals surface area contributed by atoms with Crippen LogP contribution in [-0.2, 0) is 17.8 Å². The molecule has 2 heterocycles. The lowest BCUT2D eigenvalue weighted by atomic mass is 10.3. The number of hydrogen-bond acceptors (Lipinski definition) is 4. The molecule has 19 heavy (non-hydrogen) atoms. The Balaban J connectivity index is 2.03. The molecule has 1 amide bonds. The topological polar surface area (TPSA) is 102 Å². The Labute approximate surface area is 111 Å². The minimum atomic E-state index is -0.181. The van der Waals surface area contributed by atoms with Crippen LogP contribution in [0.2, 0.25) is 0 Å². The van der Waals surface area contributed by atoms with Crippen molar-refractivity contribution in [3.8, 4) is 0 Å². The van der Waals surface area contributed by atoms with Crippen LogP contribution in [0.15, 0.2) is 6.07 Å². The van der Waals surface area contributed by atoms with Gasteiger partial charge in [-0.15, -0.1) is 0 Å². The van der Waals surface area contributed by atoms with E-state index < -0.39 is 0 Å². The van der Waals surface area contributed by atoms with Crippen molar-refractivity contribution in [2.75, 3.05) is 11.1 Å². The number of amides is 1. The van der Waals surface area contributed by atoms with Crippen LogP contribution in [0.25, 0.3) is 0 Å². The summed E-state index contributed by atoms with van der Waals surface area (Å²) in [6.07, 6.45) is 0.844. The van der Waals surface area contributed by atoms with E-state index in [1.165, 1.54) is 0 Å². The van der Waals surface area contributed by atoms with Gasteiger partial charge in [0, 0.05) is 11.8 Å². The van der Waals surface area contributed by atoms with E-state index in [1.807, 2.05) is 26.8 Å². The van der Waals surface area contributed by atoms with Crippen LogP contribution >= 0.6 is 0 Å². The van der Waals surface area contributed by atoms with Gasteiger partial charge in [0.15, 0.2) is 5.82 Å². The molecule has 7 heteroatoms. The van der Waals surface area contributed by atoms with E-state index in [1.54, 1.807) is 4.68 Å². The maximum atomic E-state index is 11.9. The number of nitrogen functional groups attached to an aromatic ring is 1. The first-order chi connectivity index (χ1) is 9.01. The number of rotatable bonds is 4. The summed E-state index contributed by atoms with van der Waals surface area (Å²) >= 11 is 0. The van der Waals surface area contributed by atoms with Crippen molar-refractivity contribution < 1.29 is 4.79 Å². The predicted molar refractivity (Wildman–Crippen MR) is 72.7 cm³/mol. The number of nitrogens with zero attached hydrogens (tertiary/aromatic N) is 3. The Bertz CT molecular complexity index is 597. The van der Waals surface area contributed by atoms with E-state index in [0.717, 1.165) is 23.5 Å². The van der Waals surface area contributed by atoms with Gasteiger partial charge in [-0.2, -0.15) is 10.2 Å². The second-order valence-corrected chi connectivity index (χ2v) is 4.42. The van der Waals surface area contributed by atoms with Gasteiger partial charge in [0.2, 0.25) is 5.91 Å². The zero-order valence-electron chi connectivity index (χ0n) is 11.3. The zero-order valence-corrected chi connectivity index (χ0v) is 11.3. The summed E-state index contributed by atoms with van der Waals surface area (Å²) in [5.74, 6) is 0.344. The third kappa shape index (κ3) is 2.75. The maximum absolute atomic E-state index is 11.9. The van der Waals surface area contributed by atoms with Crippen molar-refractivity contribution in [3.05, 3.63) is 23.1 Å². The Morgan fingerprint density at radius 2 is 2.26 bits per heavy atom. The van der Waals surface area contributed by atoms with Gasteiger partial charge in [-0.25, -0.2) is 0 Å². The van der Waals surface area contributed by atoms with Gasteiger partial charge in [-0.05, 0) is 20.3 Å². The van der Waals surface area contributed by atoms with E-state index >= 15 is 0 Å². The summed E-state index contributed by atoms with van der Waals surface area (Å²) in [5, 5.41) is 13.8. The molecule has 2 aromatic rings. The number of anilines is 2. The SMILES string of the molecule is CCc1cc(NC(=O)Cn2nc(C)c(N)c2C)n[nH]1. The second kappa shape index (κ2) is 5.13. The lowest BCUT2D eigenvalue weighted by molar-refractivity contribution is -0.117. The summed E-state index contributed by atoms with van der Waals surface area (Å²) in [5.41, 5.74) is 8.95. The molecule has 0 fully saturated rings. The molecule has 2 aromatic heterocycles. The maximum Gasteiger partial charge on any atom is 0.247 e. The van der Waals surface area contributed by atoms with Crippen LogP contribution in [0.5, 0.6) is 0 Å². The van der Waals surface area contributed by atoms with Crippen LogP contribution in [0.1, 0.15) is 24.0 Å². The zero-order chi connectivity index (χ0) is 14.0. The van der Waals surface area contributed by atoms with Gasteiger partial charge >= 0.3 is 0 Å². The Hall–Kier alpha value is -2.31. The van der Waals surface area contributed by atoms with Crippen molar-refractivity contribution in [1.82, 2.24) is 20.0 Å². The van der Waals surface area contributed by atoms with Crippen LogP contribution < -0.4 is 11.1 Å². The van der Waals surface area contributed by atoms with E-state index in [-0.39, 0.29) is 12.5 Å². The van der Waals surface area contributed by atoms with Crippen molar-refractivity contribution in [2.45, 2.75) is 33.7 Å². The van der Waals surface area contributed by atoms with E-state index in [2.05, 4.69) is 20.6 Å². The molecule has 0 bridgehead atoms. The number of nitrogens with one attached hydrogen (secondary N) is 2. The van der Waals surface area contributed by atoms with Crippen LogP contribution in [-0.4, -0.2) is 25.9 Å². The molecule has 0 aliphatic carbocycles. The molecule has 0 aromatic carbocycles. The lowest BCUT2D eigenvalue weighted by Crippen LogP contribution is -2.20. The summed E-state index contributed by atoms with van der Waals surface area (Å²) in [7, 11) is 0. The third-order valence-corrected chi connectivity index (χ3v) is 3.01. The summed E-state index contributed by atoms with van der Waals surface area (Å²) in [6.45, 7) is 5.79. The Kier molecular flexibility index (Phi) is 3.55. The van der Waals surface area contributed by atoms with Gasteiger partial charge in [-0.1, -0.05) is 6.92 Å². The van der Waals surface area contributed by atoms with Gasteiger partial charge < -0.3 is 11.1 Å². The average molecular weight is 262 g/mol. The first-order valence-corrected chi connectivity index (χ1v) is 6.15. The summed E-state index contributed by atoms with van der Waals surface area (Å²) < 4.78 is 1.59. The van der Waals surface area contributed by atoms with Crippen LogP contribution in [0, 0.1) is 13.8 Å². The van der Waals surface area contributed by atoms with Crippen molar-refractivity contribution in [2.24, 2.45) is 0 Å². The minimum Gasteiger partial charge on any atom is -0.396 e. The lowest BCUT2D eigenvalue weighted by Gasteiger charge is -2.04. The first kappa shape index (κ1) is 13.1. The molecule has 0 aliphatic rings. The highest BCUT2D eigenvalue weighted by molar-refractivity contribution is 5.89. The fourth-order valence-electron chi connectivity index (χ4n) is 1.79. The third-order valence-electron chi connectivity index (χ3n) is 3.01. The molecule has 0 radical (unpaired) electrons. The smallest absolute Gasteiger partial charge is 0.247 e. The molecule has 4 N–H and O–H groups in total. The fourth-order valence-corrected chi connectivity index (χ4v) is 1.79. The molecule has 2 rings (SSSR count). The normalized spacial score (nSPS) is 10.7. The molecule has 0 saturated carbocycles. The average Bonchev–Trinajstić information content (AvgIpc) is 2.91. The number of H-pyrrole nitrogens is 1. The molecule has 0 spiro atoms. The molecule has 0 unspecified atom stereocenters. The molecular formula is C12H18N6O. The van der Waals surface area contributed by atoms with E-state index in [9.17, 15) is 4.79 Å². The number of aromatic nitrogens is 4. The summed E-state index contributed by atoms with van der Waals surface area (Å²) in [4.78, 5) is 11.9. The van der Waals surface area contributed by atoms with Crippen LogP contribution in [0.4, 0.5) is 11.5 Å². The number of carbonyl (C=O) groups is 1. The van der Waals surface area contributed by atoms with Crippen molar-refractivity contribution in [3.63, 3.8) is 0 Å². The fraction of sp³-hybridized carbons (Fsp3) is 0.417. The highest BCUT2D eigenvalue weighted by atomic mass is 16.2. The number of hydrogen-bond donors (Lipinski definition) is 3. The van der Waals surface area contributed by atoms with Gasteiger partial charge in [0.1, 0.15) is 6.54 Å². The van der Waals surface area contributed by atoms with E-state index in [4.69, 9.17) is 5.73 Å². The largest absolute Gasteiger partial charge is 0.396 e. The molecule has 0 aliphatic heterocycles. The highest BCUT2D eigenvalue weighted by Gasteiger charge is 2.12. The Morgan fingerprint density at radius 1 is 1.53 bits per heavy atom. The first-order valence-electron chi connectivity index (χ1n) is 6.15. The number of aryl methyl sites for hydroxylation is 2. The molecule has 7 nitrogen and oxygen atoms in total. The monoisotopic (exact) mass is 262 g/mol. The second-order valence-electron chi connectivity index (χ2n) is 4.42. The molecular weight excluding hydrogens is 244 g/mol. The molecule has 0 atom stereocenters. The number of carbonyl (C=O) groups excluding carboxylic acids is 1. The van der Waals surface area contributed by atoms with Gasteiger partial charge in [0.05, 0.1) is 17.1 Å². The summed E-state index contributed by atoms with van der Waals surface area (Å²) in [6, 6.07) is 1.81. The van der Waals surface area contributed by atoms with Crippen molar-refractivity contribution >= 4 is 17.4 Å². The predicted octanol–water partition coefficient (Wildman–Crippen LogP) is 1.01. The quantitative estimate of drug-likeness (QED) is 0.765. The number of aromatic amines is 1. The molecule has 102 valence electrons. The van der Waals surface area contributed by atoms with E-state index in [0.29, 0.717) is 11.5 Å². The van der Waals surface area contributed by atoms with Gasteiger partial charge in [0.25, 0.3) is 0 Å². The minimum absolute atomic E-state index is 0.123.